The Labute approximate surface area is 154 Å². The normalized spacial score (nSPS) is 12.2. The predicted molar refractivity (Wildman–Crippen MR) is 99.3 cm³/mol. The SMILES string of the molecule is CC(NC(=O)c1nn(C)c(=O)c2ccccc12)c1ccc(Cl)cc1Cl. The topological polar surface area (TPSA) is 64.0 Å². The van der Waals surface area contributed by atoms with Crippen LogP contribution in [-0.2, 0) is 7.05 Å². The molecule has 128 valence electrons. The molecule has 0 aliphatic heterocycles. The molecular weight excluding hydrogens is 361 g/mol. The molecule has 1 N–H and O–H groups in total. The number of carbonyl (C=O) groups excluding carboxylic acids is 1. The summed E-state index contributed by atoms with van der Waals surface area (Å²) in [5.74, 6) is -0.384. The van der Waals surface area contributed by atoms with Gasteiger partial charge in [0, 0.05) is 22.5 Å². The number of fused-ring (bicyclic) bond motifs is 1. The van der Waals surface area contributed by atoms with Gasteiger partial charge in [0.1, 0.15) is 0 Å². The molecule has 0 aliphatic rings. The van der Waals surface area contributed by atoms with Crippen LogP contribution in [0.25, 0.3) is 10.8 Å². The van der Waals surface area contributed by atoms with E-state index in [1.54, 1.807) is 42.5 Å². The van der Waals surface area contributed by atoms with Gasteiger partial charge in [0.25, 0.3) is 11.5 Å². The van der Waals surface area contributed by atoms with Crippen molar-refractivity contribution >= 4 is 39.9 Å². The Hall–Kier alpha value is -2.37. The van der Waals surface area contributed by atoms with Crippen molar-refractivity contribution in [1.82, 2.24) is 15.1 Å². The van der Waals surface area contributed by atoms with E-state index in [4.69, 9.17) is 23.2 Å². The summed E-state index contributed by atoms with van der Waals surface area (Å²) in [7, 11) is 1.52. The summed E-state index contributed by atoms with van der Waals surface area (Å²) >= 11 is 12.1. The Balaban J connectivity index is 1.98. The summed E-state index contributed by atoms with van der Waals surface area (Å²) in [5, 5.41) is 8.94. The van der Waals surface area contributed by atoms with Gasteiger partial charge < -0.3 is 5.32 Å². The van der Waals surface area contributed by atoms with E-state index in [0.717, 1.165) is 10.2 Å². The average molecular weight is 376 g/mol. The lowest BCUT2D eigenvalue weighted by Gasteiger charge is -2.16. The zero-order valence-corrected chi connectivity index (χ0v) is 15.1. The maximum atomic E-state index is 12.7. The number of aromatic nitrogens is 2. The first-order valence-corrected chi connectivity index (χ1v) is 8.36. The summed E-state index contributed by atoms with van der Waals surface area (Å²) in [6, 6.07) is 11.7. The van der Waals surface area contributed by atoms with Gasteiger partial charge in [-0.15, -0.1) is 0 Å². The Morgan fingerprint density at radius 1 is 1.16 bits per heavy atom. The van der Waals surface area contributed by atoms with Crippen LogP contribution in [0.4, 0.5) is 0 Å². The summed E-state index contributed by atoms with van der Waals surface area (Å²) < 4.78 is 1.16. The van der Waals surface area contributed by atoms with Crippen LogP contribution < -0.4 is 10.9 Å². The molecule has 0 aliphatic carbocycles. The highest BCUT2D eigenvalue weighted by atomic mass is 35.5. The molecule has 3 aromatic rings. The fourth-order valence-corrected chi connectivity index (χ4v) is 3.24. The molecule has 2 aromatic carbocycles. The van der Waals surface area contributed by atoms with E-state index in [1.807, 2.05) is 6.92 Å². The molecule has 0 spiro atoms. The lowest BCUT2D eigenvalue weighted by molar-refractivity contribution is 0.0934. The lowest BCUT2D eigenvalue weighted by Crippen LogP contribution is -2.31. The Morgan fingerprint density at radius 2 is 1.84 bits per heavy atom. The second kappa shape index (κ2) is 6.86. The van der Waals surface area contributed by atoms with Crippen molar-refractivity contribution in [3.05, 3.63) is 74.1 Å². The van der Waals surface area contributed by atoms with Gasteiger partial charge in [-0.3, -0.25) is 9.59 Å². The number of rotatable bonds is 3. The third kappa shape index (κ3) is 3.38. The second-order valence-electron chi connectivity index (χ2n) is 5.68. The molecule has 1 aromatic heterocycles. The van der Waals surface area contributed by atoms with Gasteiger partial charge in [-0.05, 0) is 30.7 Å². The Kier molecular flexibility index (Phi) is 4.79. The van der Waals surface area contributed by atoms with Crippen LogP contribution in [0.15, 0.2) is 47.3 Å². The average Bonchev–Trinajstić information content (AvgIpc) is 2.57. The highest BCUT2D eigenvalue weighted by molar-refractivity contribution is 6.35. The quantitative estimate of drug-likeness (QED) is 0.758. The standard InChI is InChI=1S/C18H15Cl2N3O2/c1-10(12-8-7-11(19)9-15(12)20)21-17(24)16-13-5-3-4-6-14(13)18(25)23(2)22-16/h3-10H,1-2H3,(H,21,24). The maximum Gasteiger partial charge on any atom is 0.274 e. The minimum absolute atomic E-state index is 0.189. The lowest BCUT2D eigenvalue weighted by atomic mass is 10.1. The number of hydrogen-bond donors (Lipinski definition) is 1. The van der Waals surface area contributed by atoms with Crippen LogP contribution in [0.3, 0.4) is 0 Å². The Morgan fingerprint density at radius 3 is 2.52 bits per heavy atom. The van der Waals surface area contributed by atoms with Crippen LogP contribution >= 0.6 is 23.2 Å². The van der Waals surface area contributed by atoms with E-state index < -0.39 is 0 Å². The molecule has 3 rings (SSSR count). The Bertz CT molecular complexity index is 1030. The minimum atomic E-state index is -0.384. The largest absolute Gasteiger partial charge is 0.344 e. The van der Waals surface area contributed by atoms with Gasteiger partial charge in [-0.1, -0.05) is 47.5 Å². The van der Waals surface area contributed by atoms with E-state index in [9.17, 15) is 9.59 Å². The fourth-order valence-electron chi connectivity index (χ4n) is 2.66. The van der Waals surface area contributed by atoms with E-state index in [1.165, 1.54) is 7.05 Å². The van der Waals surface area contributed by atoms with E-state index in [0.29, 0.717) is 20.8 Å². The molecule has 1 heterocycles. The van der Waals surface area contributed by atoms with E-state index >= 15 is 0 Å². The smallest absolute Gasteiger partial charge is 0.274 e. The van der Waals surface area contributed by atoms with Crippen molar-refractivity contribution in [1.29, 1.82) is 0 Å². The third-order valence-corrected chi connectivity index (χ3v) is 4.51. The van der Waals surface area contributed by atoms with Crippen molar-refractivity contribution in [2.75, 3.05) is 0 Å². The van der Waals surface area contributed by atoms with Crippen molar-refractivity contribution in [2.45, 2.75) is 13.0 Å². The van der Waals surface area contributed by atoms with E-state index in [2.05, 4.69) is 10.4 Å². The number of nitrogens with zero attached hydrogens (tertiary/aromatic N) is 2. The molecule has 1 atom stereocenters. The minimum Gasteiger partial charge on any atom is -0.344 e. The number of hydrogen-bond acceptors (Lipinski definition) is 3. The van der Waals surface area contributed by atoms with Gasteiger partial charge in [0.2, 0.25) is 0 Å². The van der Waals surface area contributed by atoms with Gasteiger partial charge in [-0.2, -0.15) is 5.10 Å². The summed E-state index contributed by atoms with van der Waals surface area (Å²) in [6.45, 7) is 1.82. The molecule has 0 saturated heterocycles. The molecule has 5 nitrogen and oxygen atoms in total. The number of carbonyl (C=O) groups is 1. The van der Waals surface area contributed by atoms with Crippen LogP contribution in [0, 0.1) is 0 Å². The number of benzene rings is 2. The zero-order chi connectivity index (χ0) is 18.1. The van der Waals surface area contributed by atoms with Gasteiger partial charge in [0.15, 0.2) is 5.69 Å². The number of aryl methyl sites for hydroxylation is 1. The third-order valence-electron chi connectivity index (χ3n) is 3.95. The molecule has 7 heteroatoms. The first-order valence-electron chi connectivity index (χ1n) is 7.60. The molecule has 0 radical (unpaired) electrons. The van der Waals surface area contributed by atoms with Crippen LogP contribution in [0.2, 0.25) is 10.0 Å². The summed E-state index contributed by atoms with van der Waals surface area (Å²) in [5.41, 5.74) is 0.684. The fraction of sp³-hybridized carbons (Fsp3) is 0.167. The predicted octanol–water partition coefficient (Wildman–Crippen LogP) is 3.73. The molecule has 0 bridgehead atoms. The van der Waals surface area contributed by atoms with Gasteiger partial charge in [-0.25, -0.2) is 4.68 Å². The zero-order valence-electron chi connectivity index (χ0n) is 13.6. The number of amides is 1. The first-order chi connectivity index (χ1) is 11.9. The summed E-state index contributed by atoms with van der Waals surface area (Å²) in [4.78, 5) is 24.9. The van der Waals surface area contributed by atoms with E-state index in [-0.39, 0.29) is 23.2 Å². The molecule has 0 saturated carbocycles. The van der Waals surface area contributed by atoms with Crippen molar-refractivity contribution in [3.63, 3.8) is 0 Å². The van der Waals surface area contributed by atoms with Crippen molar-refractivity contribution in [2.24, 2.45) is 7.05 Å². The van der Waals surface area contributed by atoms with Crippen molar-refractivity contribution in [3.8, 4) is 0 Å². The molecule has 1 unspecified atom stereocenters. The van der Waals surface area contributed by atoms with Crippen molar-refractivity contribution < 1.29 is 4.79 Å². The highest BCUT2D eigenvalue weighted by Gasteiger charge is 2.19. The molecule has 0 fully saturated rings. The number of nitrogens with one attached hydrogen (secondary N) is 1. The van der Waals surface area contributed by atoms with Gasteiger partial charge >= 0.3 is 0 Å². The van der Waals surface area contributed by atoms with Gasteiger partial charge in [0.05, 0.1) is 11.4 Å². The number of halogens is 2. The summed E-state index contributed by atoms with van der Waals surface area (Å²) in [6.07, 6.45) is 0. The highest BCUT2D eigenvalue weighted by Crippen LogP contribution is 2.26. The second-order valence-corrected chi connectivity index (χ2v) is 6.53. The van der Waals surface area contributed by atoms with Crippen LogP contribution in [0.5, 0.6) is 0 Å². The van der Waals surface area contributed by atoms with Crippen LogP contribution in [0.1, 0.15) is 29.0 Å². The molecule has 25 heavy (non-hydrogen) atoms. The first kappa shape index (κ1) is 17.5. The maximum absolute atomic E-state index is 12.7. The monoisotopic (exact) mass is 375 g/mol. The molecule has 1 amide bonds. The van der Waals surface area contributed by atoms with Crippen LogP contribution in [-0.4, -0.2) is 15.7 Å². The molecular formula is C18H15Cl2N3O2.